The number of nitrogens with two attached hydrogens (primary N) is 5. The Bertz CT molecular complexity index is 2550. The van der Waals surface area contributed by atoms with E-state index in [9.17, 15) is 38.4 Å². The monoisotopic (exact) mass is 1020 g/mol. The minimum Gasteiger partial charge on any atom is -0.370 e. The van der Waals surface area contributed by atoms with E-state index < -0.39 is 96.1 Å². The number of H-pyrrole nitrogens is 2. The molecule has 1 aliphatic heterocycles. The number of primary amides is 1. The van der Waals surface area contributed by atoms with Gasteiger partial charge in [0.15, 0.2) is 5.96 Å². The second-order valence-electron chi connectivity index (χ2n) is 18.7. The molecule has 0 bridgehead atoms. The molecular formula is C50H72N16O8. The smallest absolute Gasteiger partial charge is 0.245 e. The van der Waals surface area contributed by atoms with E-state index >= 15 is 0 Å². The van der Waals surface area contributed by atoms with Crippen molar-refractivity contribution in [3.05, 3.63) is 90.1 Å². The predicted octanol–water partition coefficient (Wildman–Crippen LogP) is -1.90. The lowest BCUT2D eigenvalue weighted by Gasteiger charge is -2.30. The number of para-hydroxylation sites is 1. The molecule has 1 aliphatic rings. The third-order valence-electron chi connectivity index (χ3n) is 12.7. The SMILES string of the molecule is CC(C)[C@H](NC(=O)[C@H]1CCCN1C(=O)[C@H](CCCCN)NC(=O)CNC(=O)[C@H](Cc1c[nH]c2ccccc12)NC(=O)[C@H](CCCN=C(N)N)NC(=O)[C@@H](Cc1ccccc1)NC(=O)[C@@H](N)Cc1cnc[nH]1)C(N)=O. The van der Waals surface area contributed by atoms with Gasteiger partial charge in [-0.1, -0.05) is 62.4 Å². The van der Waals surface area contributed by atoms with Gasteiger partial charge >= 0.3 is 0 Å². The molecule has 0 unspecified atom stereocenters. The fraction of sp³-hybridized carbons (Fsp3) is 0.480. The highest BCUT2D eigenvalue weighted by Crippen LogP contribution is 2.22. The van der Waals surface area contributed by atoms with E-state index in [0.717, 1.165) is 10.9 Å². The van der Waals surface area contributed by atoms with E-state index in [1.165, 1.54) is 17.4 Å². The topological polar surface area (TPSA) is 399 Å². The molecule has 0 saturated carbocycles. The van der Waals surface area contributed by atoms with E-state index in [1.807, 2.05) is 24.3 Å². The standard InChI is InChI=1S/C50H72N16O8/c1-29(2)42(43(53)68)65-48(73)40-18-11-21-66(40)49(74)37(16-8-9-19-51)61-41(67)27-59-45(70)39(23-31-25-58-35-15-7-6-14-33(31)35)64-46(71)36(17-10-20-57-50(54)55)62-47(72)38(22-30-12-4-3-5-13-30)63-44(69)34(52)24-32-26-56-28-60-32/h3-7,12-15,25-26,28-29,34,36-40,42,58H,8-11,16-24,27,51-52H2,1-2H3,(H2,53,68)(H,56,60)(H,59,70)(H,61,67)(H,62,72)(H,63,69)(H,64,71)(H,65,73)(H4,54,55,57)/t34-,36-,37-,38+,39-,40+,42-/m0/s1. The second-order valence-corrected chi connectivity index (χ2v) is 18.7. The van der Waals surface area contributed by atoms with Gasteiger partial charge in [0.05, 0.1) is 18.9 Å². The molecule has 5 rings (SSSR count). The van der Waals surface area contributed by atoms with E-state index in [4.69, 9.17) is 28.7 Å². The maximum absolute atomic E-state index is 14.5. The summed E-state index contributed by atoms with van der Waals surface area (Å²) in [4.78, 5) is 125. The minimum atomic E-state index is -1.33. The van der Waals surface area contributed by atoms with Crippen LogP contribution >= 0.6 is 0 Å². The predicted molar refractivity (Wildman–Crippen MR) is 277 cm³/mol. The van der Waals surface area contributed by atoms with Crippen LogP contribution in [-0.2, 0) is 57.6 Å². The number of amides is 8. The Labute approximate surface area is 429 Å². The Morgan fingerprint density at radius 1 is 0.757 bits per heavy atom. The summed E-state index contributed by atoms with van der Waals surface area (Å²) >= 11 is 0. The molecule has 8 amide bonds. The van der Waals surface area contributed by atoms with Gasteiger partial charge in [-0.15, -0.1) is 0 Å². The van der Waals surface area contributed by atoms with Crippen LogP contribution in [0.2, 0.25) is 0 Å². The van der Waals surface area contributed by atoms with Crippen molar-refractivity contribution in [2.75, 3.05) is 26.2 Å². The number of likely N-dealkylation sites (tertiary alicyclic amines) is 1. The van der Waals surface area contributed by atoms with Gasteiger partial charge in [0.25, 0.3) is 0 Å². The van der Waals surface area contributed by atoms with Crippen LogP contribution < -0.4 is 60.6 Å². The van der Waals surface area contributed by atoms with Crippen LogP contribution in [0.15, 0.2) is 78.3 Å². The summed E-state index contributed by atoms with van der Waals surface area (Å²) in [5, 5.41) is 17.1. The van der Waals surface area contributed by atoms with E-state index in [0.29, 0.717) is 49.0 Å². The Hall–Kier alpha value is -7.86. The first-order chi connectivity index (χ1) is 35.4. The summed E-state index contributed by atoms with van der Waals surface area (Å²) in [7, 11) is 0. The third kappa shape index (κ3) is 17.1. The number of rotatable bonds is 29. The Morgan fingerprint density at radius 2 is 1.43 bits per heavy atom. The van der Waals surface area contributed by atoms with Crippen molar-refractivity contribution in [3.63, 3.8) is 0 Å². The van der Waals surface area contributed by atoms with Gasteiger partial charge in [0.2, 0.25) is 47.3 Å². The maximum Gasteiger partial charge on any atom is 0.245 e. The molecule has 18 N–H and O–H groups in total. The van der Waals surface area contributed by atoms with Crippen molar-refractivity contribution in [3.8, 4) is 0 Å². The number of hydrogen-bond donors (Lipinski definition) is 13. The molecule has 400 valence electrons. The Morgan fingerprint density at radius 3 is 2.12 bits per heavy atom. The van der Waals surface area contributed by atoms with Crippen LogP contribution in [0, 0.1) is 5.92 Å². The number of hydrogen-bond acceptors (Lipinski definition) is 12. The average molecular weight is 1030 g/mol. The lowest BCUT2D eigenvalue weighted by atomic mass is 10.0. The van der Waals surface area contributed by atoms with Crippen LogP contribution in [0.25, 0.3) is 10.9 Å². The number of carbonyl (C=O) groups excluding carboxylic acids is 8. The molecule has 1 saturated heterocycles. The molecule has 0 spiro atoms. The lowest BCUT2D eigenvalue weighted by molar-refractivity contribution is -0.142. The number of aromatic amines is 2. The highest BCUT2D eigenvalue weighted by Gasteiger charge is 2.39. The number of fused-ring (bicyclic) bond motifs is 1. The third-order valence-corrected chi connectivity index (χ3v) is 12.7. The molecule has 24 heteroatoms. The van der Waals surface area contributed by atoms with Gasteiger partial charge in [-0.3, -0.25) is 43.3 Å². The molecule has 74 heavy (non-hydrogen) atoms. The zero-order valence-electron chi connectivity index (χ0n) is 41.9. The number of carbonyl (C=O) groups is 8. The van der Waals surface area contributed by atoms with E-state index in [1.54, 1.807) is 50.4 Å². The number of aromatic nitrogens is 3. The molecule has 4 aromatic rings. The zero-order valence-corrected chi connectivity index (χ0v) is 41.9. The van der Waals surface area contributed by atoms with Crippen molar-refractivity contribution in [1.82, 2.24) is 51.8 Å². The van der Waals surface area contributed by atoms with Crippen LogP contribution in [0.5, 0.6) is 0 Å². The number of imidazole rings is 1. The van der Waals surface area contributed by atoms with Gasteiger partial charge in [-0.2, -0.15) is 0 Å². The first-order valence-electron chi connectivity index (χ1n) is 24.9. The summed E-state index contributed by atoms with van der Waals surface area (Å²) in [5.74, 6) is -5.83. The number of nitrogens with one attached hydrogen (secondary N) is 8. The van der Waals surface area contributed by atoms with Gasteiger partial charge in [0, 0.05) is 61.3 Å². The number of aliphatic imine (C=N–C) groups is 1. The van der Waals surface area contributed by atoms with Crippen LogP contribution in [0.1, 0.15) is 75.6 Å². The summed E-state index contributed by atoms with van der Waals surface area (Å²) in [6.07, 6.45) is 6.99. The van der Waals surface area contributed by atoms with Gasteiger partial charge in [0.1, 0.15) is 36.3 Å². The molecule has 0 radical (unpaired) electrons. The van der Waals surface area contributed by atoms with Crippen LogP contribution in [0.3, 0.4) is 0 Å². The molecule has 2 aromatic carbocycles. The summed E-state index contributed by atoms with van der Waals surface area (Å²) in [5.41, 5.74) is 31.4. The molecule has 24 nitrogen and oxygen atoms in total. The largest absolute Gasteiger partial charge is 0.370 e. The quantitative estimate of drug-likeness (QED) is 0.0161. The summed E-state index contributed by atoms with van der Waals surface area (Å²) in [6, 6.07) is 8.45. The number of unbranched alkanes of at least 4 members (excludes halogenated alkanes) is 1. The normalized spacial score (nSPS) is 15.7. The summed E-state index contributed by atoms with van der Waals surface area (Å²) in [6.45, 7) is 3.52. The molecule has 1 fully saturated rings. The Kier molecular flexibility index (Phi) is 21.9. The van der Waals surface area contributed by atoms with Crippen molar-refractivity contribution in [2.24, 2.45) is 39.6 Å². The summed E-state index contributed by atoms with van der Waals surface area (Å²) < 4.78 is 0. The van der Waals surface area contributed by atoms with Crippen molar-refractivity contribution >= 4 is 64.1 Å². The highest BCUT2D eigenvalue weighted by atomic mass is 16.2. The first-order valence-corrected chi connectivity index (χ1v) is 24.9. The first kappa shape index (κ1) is 57.0. The molecular weight excluding hydrogens is 953 g/mol. The number of guanidine groups is 1. The molecule has 3 heterocycles. The highest BCUT2D eigenvalue weighted by molar-refractivity contribution is 5.98. The molecule has 2 aromatic heterocycles. The number of nitrogens with zero attached hydrogens (tertiary/aromatic N) is 3. The fourth-order valence-corrected chi connectivity index (χ4v) is 8.72. The van der Waals surface area contributed by atoms with Crippen LogP contribution in [0.4, 0.5) is 0 Å². The van der Waals surface area contributed by atoms with Crippen LogP contribution in [-0.4, -0.2) is 142 Å². The van der Waals surface area contributed by atoms with Crippen molar-refractivity contribution in [1.29, 1.82) is 0 Å². The van der Waals surface area contributed by atoms with Gasteiger partial charge in [-0.05, 0) is 74.6 Å². The number of benzene rings is 2. The van der Waals surface area contributed by atoms with Gasteiger partial charge < -0.3 is 75.4 Å². The Balaban J connectivity index is 1.35. The zero-order chi connectivity index (χ0) is 53.7. The molecule has 7 atom stereocenters. The molecule has 0 aliphatic carbocycles. The minimum absolute atomic E-state index is 0.00785. The van der Waals surface area contributed by atoms with E-state index in [2.05, 4.69) is 51.8 Å². The van der Waals surface area contributed by atoms with E-state index in [-0.39, 0.29) is 63.5 Å². The van der Waals surface area contributed by atoms with Crippen molar-refractivity contribution < 1.29 is 38.4 Å². The fourth-order valence-electron chi connectivity index (χ4n) is 8.72. The maximum atomic E-state index is 14.5. The van der Waals surface area contributed by atoms with Gasteiger partial charge in [-0.25, -0.2) is 4.98 Å². The second kappa shape index (κ2) is 28.4. The average Bonchev–Trinajstić information content (AvgIpc) is 4.17. The van der Waals surface area contributed by atoms with Crippen molar-refractivity contribution in [2.45, 2.75) is 120 Å². The lowest BCUT2D eigenvalue weighted by Crippen LogP contribution is -2.59.